The van der Waals surface area contributed by atoms with Gasteiger partial charge in [-0.2, -0.15) is 11.8 Å². The molecule has 0 aliphatic heterocycles. The maximum atomic E-state index is 13.0. The van der Waals surface area contributed by atoms with Crippen LogP contribution in [0.2, 0.25) is 5.02 Å². The van der Waals surface area contributed by atoms with Gasteiger partial charge in [0, 0.05) is 10.8 Å². The van der Waals surface area contributed by atoms with Crippen molar-refractivity contribution in [3.8, 4) is 0 Å². The zero-order valence-corrected chi connectivity index (χ0v) is 8.38. The zero-order valence-electron chi connectivity index (χ0n) is 6.81. The molecule has 1 rings (SSSR count). The molecular formula is C9H10ClFS. The van der Waals surface area contributed by atoms with Gasteiger partial charge in [0.05, 0.1) is 0 Å². The number of halogens is 2. The molecule has 0 radical (unpaired) electrons. The lowest BCUT2D eigenvalue weighted by Gasteiger charge is -2.01. The van der Waals surface area contributed by atoms with Crippen LogP contribution in [0.15, 0.2) is 18.2 Å². The van der Waals surface area contributed by atoms with Crippen molar-refractivity contribution in [2.75, 3.05) is 5.75 Å². The van der Waals surface area contributed by atoms with Gasteiger partial charge in [-0.3, -0.25) is 0 Å². The van der Waals surface area contributed by atoms with Gasteiger partial charge in [-0.1, -0.05) is 18.5 Å². The van der Waals surface area contributed by atoms with Crippen molar-refractivity contribution >= 4 is 23.4 Å². The Balaban J connectivity index is 2.75. The molecule has 3 heteroatoms. The van der Waals surface area contributed by atoms with Gasteiger partial charge in [0.1, 0.15) is 5.82 Å². The summed E-state index contributed by atoms with van der Waals surface area (Å²) in [6, 6.07) is 4.66. The van der Waals surface area contributed by atoms with E-state index in [2.05, 4.69) is 0 Å². The van der Waals surface area contributed by atoms with E-state index in [0.717, 1.165) is 5.75 Å². The van der Waals surface area contributed by atoms with Crippen LogP contribution in [0, 0.1) is 5.82 Å². The van der Waals surface area contributed by atoms with Gasteiger partial charge in [-0.05, 0) is 29.5 Å². The van der Waals surface area contributed by atoms with E-state index in [-0.39, 0.29) is 5.82 Å². The summed E-state index contributed by atoms with van der Waals surface area (Å²) in [4.78, 5) is 0. The second-order valence-electron chi connectivity index (χ2n) is 2.37. The zero-order chi connectivity index (χ0) is 8.97. The van der Waals surface area contributed by atoms with E-state index in [1.54, 1.807) is 23.9 Å². The first-order valence-electron chi connectivity index (χ1n) is 3.75. The maximum Gasteiger partial charge on any atom is 0.127 e. The van der Waals surface area contributed by atoms with Gasteiger partial charge < -0.3 is 0 Å². The second-order valence-corrected chi connectivity index (χ2v) is 4.08. The van der Waals surface area contributed by atoms with Crippen molar-refractivity contribution in [3.05, 3.63) is 34.6 Å². The van der Waals surface area contributed by atoms with Crippen LogP contribution in [0.25, 0.3) is 0 Å². The molecule has 0 saturated carbocycles. The predicted octanol–water partition coefficient (Wildman–Crippen LogP) is 3.73. The minimum absolute atomic E-state index is 0.166. The predicted molar refractivity (Wildman–Crippen MR) is 53.2 cm³/mol. The van der Waals surface area contributed by atoms with Gasteiger partial charge in [-0.15, -0.1) is 0 Å². The number of hydrogen-bond acceptors (Lipinski definition) is 1. The van der Waals surface area contributed by atoms with Crippen LogP contribution in [0.3, 0.4) is 0 Å². The van der Waals surface area contributed by atoms with Crippen molar-refractivity contribution < 1.29 is 4.39 Å². The first kappa shape index (κ1) is 9.87. The van der Waals surface area contributed by atoms with Crippen molar-refractivity contribution in [3.63, 3.8) is 0 Å². The molecule has 0 saturated heterocycles. The SMILES string of the molecule is CCSCc1cc(Cl)ccc1F. The Morgan fingerprint density at radius 1 is 1.50 bits per heavy atom. The molecular weight excluding hydrogens is 195 g/mol. The van der Waals surface area contributed by atoms with Crippen molar-refractivity contribution in [1.82, 2.24) is 0 Å². The minimum atomic E-state index is -0.166. The third kappa shape index (κ3) is 2.68. The smallest absolute Gasteiger partial charge is 0.127 e. The Labute approximate surface area is 81.1 Å². The number of thioether (sulfide) groups is 1. The van der Waals surface area contributed by atoms with E-state index >= 15 is 0 Å². The normalized spacial score (nSPS) is 10.2. The van der Waals surface area contributed by atoms with E-state index in [4.69, 9.17) is 11.6 Å². The molecule has 0 aromatic heterocycles. The fourth-order valence-corrected chi connectivity index (χ4v) is 1.71. The van der Waals surface area contributed by atoms with Gasteiger partial charge in [0.15, 0.2) is 0 Å². The highest BCUT2D eigenvalue weighted by atomic mass is 35.5. The monoisotopic (exact) mass is 204 g/mol. The van der Waals surface area contributed by atoms with E-state index in [9.17, 15) is 4.39 Å². The van der Waals surface area contributed by atoms with Crippen LogP contribution in [0.1, 0.15) is 12.5 Å². The molecule has 12 heavy (non-hydrogen) atoms. The quantitative estimate of drug-likeness (QED) is 0.723. The van der Waals surface area contributed by atoms with Crippen molar-refractivity contribution in [2.24, 2.45) is 0 Å². The lowest BCUT2D eigenvalue weighted by molar-refractivity contribution is 0.617. The molecule has 0 unspecified atom stereocenters. The number of hydrogen-bond donors (Lipinski definition) is 0. The summed E-state index contributed by atoms with van der Waals surface area (Å²) < 4.78 is 13.0. The fourth-order valence-electron chi connectivity index (χ4n) is 0.866. The van der Waals surface area contributed by atoms with Crippen molar-refractivity contribution in [1.29, 1.82) is 0 Å². The molecule has 1 aromatic carbocycles. The molecule has 0 amide bonds. The minimum Gasteiger partial charge on any atom is -0.207 e. The average molecular weight is 205 g/mol. The van der Waals surface area contributed by atoms with Crippen LogP contribution in [-0.4, -0.2) is 5.75 Å². The van der Waals surface area contributed by atoms with Crippen LogP contribution < -0.4 is 0 Å². The molecule has 0 nitrogen and oxygen atoms in total. The molecule has 0 atom stereocenters. The topological polar surface area (TPSA) is 0 Å². The fraction of sp³-hybridized carbons (Fsp3) is 0.333. The third-order valence-corrected chi connectivity index (χ3v) is 2.63. The molecule has 0 heterocycles. The largest absolute Gasteiger partial charge is 0.207 e. The summed E-state index contributed by atoms with van der Waals surface area (Å²) in [5.41, 5.74) is 0.689. The second kappa shape index (κ2) is 4.73. The summed E-state index contributed by atoms with van der Waals surface area (Å²) in [6.07, 6.45) is 0. The van der Waals surface area contributed by atoms with Crippen LogP contribution in [0.5, 0.6) is 0 Å². The lowest BCUT2D eigenvalue weighted by atomic mass is 10.2. The van der Waals surface area contributed by atoms with Gasteiger partial charge in [0.25, 0.3) is 0 Å². The van der Waals surface area contributed by atoms with Crippen LogP contribution in [-0.2, 0) is 5.75 Å². The Morgan fingerprint density at radius 2 is 2.25 bits per heavy atom. The van der Waals surface area contributed by atoms with E-state index in [1.165, 1.54) is 6.07 Å². The molecule has 0 aliphatic carbocycles. The van der Waals surface area contributed by atoms with E-state index in [0.29, 0.717) is 16.3 Å². The molecule has 0 spiro atoms. The summed E-state index contributed by atoms with van der Waals surface area (Å²) in [5.74, 6) is 1.52. The highest BCUT2D eigenvalue weighted by Crippen LogP contribution is 2.19. The van der Waals surface area contributed by atoms with E-state index < -0.39 is 0 Å². The first-order valence-corrected chi connectivity index (χ1v) is 5.29. The standard InChI is InChI=1S/C9H10ClFS/c1-2-12-6-7-5-8(10)3-4-9(7)11/h3-5H,2,6H2,1H3. The highest BCUT2D eigenvalue weighted by molar-refractivity contribution is 7.98. The Bertz CT molecular complexity index is 263. The summed E-state index contributed by atoms with van der Waals surface area (Å²) in [7, 11) is 0. The first-order chi connectivity index (χ1) is 5.74. The lowest BCUT2D eigenvalue weighted by Crippen LogP contribution is -1.87. The number of rotatable bonds is 3. The Morgan fingerprint density at radius 3 is 2.92 bits per heavy atom. The van der Waals surface area contributed by atoms with Gasteiger partial charge >= 0.3 is 0 Å². The van der Waals surface area contributed by atoms with Crippen molar-refractivity contribution in [2.45, 2.75) is 12.7 Å². The third-order valence-electron chi connectivity index (χ3n) is 1.47. The maximum absolute atomic E-state index is 13.0. The van der Waals surface area contributed by atoms with Crippen LogP contribution in [0.4, 0.5) is 4.39 Å². The molecule has 66 valence electrons. The summed E-state index contributed by atoms with van der Waals surface area (Å²) >= 11 is 7.41. The molecule has 1 aromatic rings. The Hall–Kier alpha value is -0.210. The summed E-state index contributed by atoms with van der Waals surface area (Å²) in [5, 5.41) is 0.600. The van der Waals surface area contributed by atoms with Crippen LogP contribution >= 0.6 is 23.4 Å². The molecule has 0 fully saturated rings. The average Bonchev–Trinajstić information content (AvgIpc) is 2.07. The molecule has 0 aliphatic rings. The molecule has 0 N–H and O–H groups in total. The summed E-state index contributed by atoms with van der Waals surface area (Å²) in [6.45, 7) is 2.05. The Kier molecular flexibility index (Phi) is 3.89. The molecule has 0 bridgehead atoms. The number of benzene rings is 1. The van der Waals surface area contributed by atoms with E-state index in [1.807, 2.05) is 6.92 Å². The highest BCUT2D eigenvalue weighted by Gasteiger charge is 2.01. The van der Waals surface area contributed by atoms with Gasteiger partial charge in [0.2, 0.25) is 0 Å². The van der Waals surface area contributed by atoms with Gasteiger partial charge in [-0.25, -0.2) is 4.39 Å².